The summed E-state index contributed by atoms with van der Waals surface area (Å²) in [5.41, 5.74) is -0.856. The fraction of sp³-hybridized carbons (Fsp3) is 0.400. The number of non-ortho nitro benzene ring substituents is 1. The summed E-state index contributed by atoms with van der Waals surface area (Å²) < 4.78 is 0. The minimum atomic E-state index is -1.27. The van der Waals surface area contributed by atoms with Crippen LogP contribution >= 0.6 is 0 Å². The lowest BCUT2D eigenvalue weighted by molar-refractivity contribution is -0.384. The van der Waals surface area contributed by atoms with Crippen LogP contribution in [0.4, 0.5) is 5.69 Å². The normalized spacial score (nSPS) is 13.6. The molecule has 0 saturated heterocycles. The van der Waals surface area contributed by atoms with Crippen LogP contribution in [0.3, 0.4) is 0 Å². The number of benzene rings is 1. The molecule has 0 heterocycles. The van der Waals surface area contributed by atoms with Crippen molar-refractivity contribution in [3.8, 4) is 0 Å². The van der Waals surface area contributed by atoms with Gasteiger partial charge in [0.1, 0.15) is 6.10 Å². The zero-order chi connectivity index (χ0) is 11.6. The molecule has 15 heavy (non-hydrogen) atoms. The Hall–Kier alpha value is -1.46. The maximum absolute atomic E-state index is 10.4. The van der Waals surface area contributed by atoms with Crippen molar-refractivity contribution in [2.24, 2.45) is 0 Å². The van der Waals surface area contributed by atoms with E-state index >= 15 is 0 Å². The second-order valence-corrected chi connectivity index (χ2v) is 3.90. The number of rotatable bonds is 3. The second-order valence-electron chi connectivity index (χ2n) is 3.90. The van der Waals surface area contributed by atoms with E-state index in [-0.39, 0.29) is 5.69 Å². The van der Waals surface area contributed by atoms with Gasteiger partial charge in [0, 0.05) is 12.1 Å². The van der Waals surface area contributed by atoms with Crippen LogP contribution in [0.1, 0.15) is 25.5 Å². The van der Waals surface area contributed by atoms with Crippen molar-refractivity contribution in [3.05, 3.63) is 39.9 Å². The molecule has 0 aliphatic carbocycles. The molecule has 1 atom stereocenters. The highest BCUT2D eigenvalue weighted by atomic mass is 16.6. The minimum Gasteiger partial charge on any atom is -0.387 e. The fourth-order valence-electron chi connectivity index (χ4n) is 1.19. The predicted octanol–water partition coefficient (Wildman–Crippen LogP) is 1.40. The molecule has 0 aliphatic rings. The number of nitro groups is 1. The molecular formula is C10H13NO4. The summed E-state index contributed by atoms with van der Waals surface area (Å²) in [6.07, 6.45) is -1.06. The fourth-order valence-corrected chi connectivity index (χ4v) is 1.19. The van der Waals surface area contributed by atoms with Crippen LogP contribution < -0.4 is 0 Å². The number of hydrogen-bond acceptors (Lipinski definition) is 4. The first-order chi connectivity index (χ1) is 6.82. The van der Waals surface area contributed by atoms with Crippen molar-refractivity contribution in [1.82, 2.24) is 0 Å². The number of nitrogens with zero attached hydrogens (tertiary/aromatic N) is 1. The van der Waals surface area contributed by atoms with Gasteiger partial charge in [-0.2, -0.15) is 0 Å². The van der Waals surface area contributed by atoms with Crippen molar-refractivity contribution in [2.75, 3.05) is 0 Å². The third-order valence-electron chi connectivity index (χ3n) is 2.09. The molecule has 1 aromatic carbocycles. The second kappa shape index (κ2) is 3.96. The Morgan fingerprint density at radius 2 is 1.80 bits per heavy atom. The molecule has 0 spiro atoms. The molecule has 82 valence electrons. The van der Waals surface area contributed by atoms with Gasteiger partial charge in [-0.05, 0) is 31.5 Å². The van der Waals surface area contributed by atoms with Gasteiger partial charge in [-0.3, -0.25) is 10.1 Å². The van der Waals surface area contributed by atoms with Crippen LogP contribution in [0.5, 0.6) is 0 Å². The summed E-state index contributed by atoms with van der Waals surface area (Å²) in [6.45, 7) is 2.94. The quantitative estimate of drug-likeness (QED) is 0.584. The first-order valence-corrected chi connectivity index (χ1v) is 4.47. The monoisotopic (exact) mass is 211 g/mol. The van der Waals surface area contributed by atoms with E-state index in [9.17, 15) is 20.3 Å². The molecule has 0 bridgehead atoms. The SMILES string of the molecule is CC(C)(O)[C@H](O)c1ccc([N+](=O)[O-])cc1. The largest absolute Gasteiger partial charge is 0.387 e. The Kier molecular flexibility index (Phi) is 3.06. The smallest absolute Gasteiger partial charge is 0.269 e. The van der Waals surface area contributed by atoms with E-state index in [4.69, 9.17) is 0 Å². The highest BCUT2D eigenvalue weighted by molar-refractivity contribution is 5.34. The molecule has 0 radical (unpaired) electrons. The lowest BCUT2D eigenvalue weighted by Gasteiger charge is -2.24. The Morgan fingerprint density at radius 3 is 2.13 bits per heavy atom. The van der Waals surface area contributed by atoms with Gasteiger partial charge in [0.25, 0.3) is 5.69 Å². The Labute approximate surface area is 87.1 Å². The van der Waals surface area contributed by atoms with Crippen molar-refractivity contribution in [1.29, 1.82) is 0 Å². The van der Waals surface area contributed by atoms with Crippen molar-refractivity contribution in [2.45, 2.75) is 25.6 Å². The Bertz CT molecular complexity index is 353. The number of aliphatic hydroxyl groups is 2. The van der Waals surface area contributed by atoms with Gasteiger partial charge < -0.3 is 10.2 Å². The first kappa shape index (κ1) is 11.6. The predicted molar refractivity (Wildman–Crippen MR) is 54.4 cm³/mol. The molecule has 0 amide bonds. The summed E-state index contributed by atoms with van der Waals surface area (Å²) in [5, 5.41) is 29.6. The number of nitro benzene ring substituents is 1. The maximum Gasteiger partial charge on any atom is 0.269 e. The lowest BCUT2D eigenvalue weighted by Crippen LogP contribution is -2.28. The number of hydrogen-bond donors (Lipinski definition) is 2. The van der Waals surface area contributed by atoms with Crippen molar-refractivity contribution in [3.63, 3.8) is 0 Å². The molecule has 1 aromatic rings. The average molecular weight is 211 g/mol. The van der Waals surface area contributed by atoms with E-state index in [0.717, 1.165) is 0 Å². The van der Waals surface area contributed by atoms with Crippen LogP contribution in [-0.2, 0) is 0 Å². The molecule has 0 fully saturated rings. The summed E-state index contributed by atoms with van der Waals surface area (Å²) in [4.78, 5) is 9.86. The lowest BCUT2D eigenvalue weighted by atomic mass is 9.95. The molecule has 0 unspecified atom stereocenters. The van der Waals surface area contributed by atoms with E-state index in [1.165, 1.54) is 38.1 Å². The molecule has 0 aliphatic heterocycles. The van der Waals surface area contributed by atoms with Gasteiger partial charge >= 0.3 is 0 Å². The highest BCUT2D eigenvalue weighted by Gasteiger charge is 2.26. The number of aliphatic hydroxyl groups excluding tert-OH is 1. The van der Waals surface area contributed by atoms with Crippen LogP contribution in [0, 0.1) is 10.1 Å². The minimum absolute atomic E-state index is 0.0401. The summed E-state index contributed by atoms with van der Waals surface area (Å²) >= 11 is 0. The van der Waals surface area contributed by atoms with E-state index in [1.54, 1.807) is 0 Å². The summed E-state index contributed by atoms with van der Waals surface area (Å²) in [7, 11) is 0. The molecular weight excluding hydrogens is 198 g/mol. The molecule has 5 nitrogen and oxygen atoms in total. The van der Waals surface area contributed by atoms with Crippen molar-refractivity contribution >= 4 is 5.69 Å². The summed E-state index contributed by atoms with van der Waals surface area (Å²) in [6, 6.07) is 5.45. The summed E-state index contributed by atoms with van der Waals surface area (Å²) in [5.74, 6) is 0. The van der Waals surface area contributed by atoms with Crippen molar-refractivity contribution < 1.29 is 15.1 Å². The van der Waals surface area contributed by atoms with Gasteiger partial charge in [0.2, 0.25) is 0 Å². The van der Waals surface area contributed by atoms with Gasteiger partial charge in [-0.1, -0.05) is 0 Å². The van der Waals surface area contributed by atoms with E-state index < -0.39 is 16.6 Å². The highest BCUT2D eigenvalue weighted by Crippen LogP contribution is 2.26. The molecule has 1 rings (SSSR count). The zero-order valence-electron chi connectivity index (χ0n) is 8.54. The third-order valence-corrected chi connectivity index (χ3v) is 2.09. The Morgan fingerprint density at radius 1 is 1.33 bits per heavy atom. The molecule has 2 N–H and O–H groups in total. The molecule has 5 heteroatoms. The topological polar surface area (TPSA) is 83.6 Å². The van der Waals surface area contributed by atoms with Gasteiger partial charge in [-0.25, -0.2) is 0 Å². The van der Waals surface area contributed by atoms with Crippen LogP contribution in [0.15, 0.2) is 24.3 Å². The van der Waals surface area contributed by atoms with Crippen LogP contribution in [0.2, 0.25) is 0 Å². The van der Waals surface area contributed by atoms with E-state index in [0.29, 0.717) is 5.56 Å². The van der Waals surface area contributed by atoms with Gasteiger partial charge in [0.05, 0.1) is 10.5 Å². The molecule has 0 aromatic heterocycles. The Balaban J connectivity index is 2.94. The van der Waals surface area contributed by atoms with Gasteiger partial charge in [-0.15, -0.1) is 0 Å². The van der Waals surface area contributed by atoms with E-state index in [2.05, 4.69) is 0 Å². The van der Waals surface area contributed by atoms with Crippen LogP contribution in [0.25, 0.3) is 0 Å². The molecule has 0 saturated carbocycles. The average Bonchev–Trinajstić information content (AvgIpc) is 2.15. The standard InChI is InChI=1S/C10H13NO4/c1-10(2,13)9(12)7-3-5-8(6-4-7)11(14)15/h3-6,9,12-13H,1-2H3/t9-/m1/s1. The zero-order valence-corrected chi connectivity index (χ0v) is 8.54. The van der Waals surface area contributed by atoms with E-state index in [1.807, 2.05) is 0 Å². The van der Waals surface area contributed by atoms with Gasteiger partial charge in [0.15, 0.2) is 0 Å². The first-order valence-electron chi connectivity index (χ1n) is 4.47. The maximum atomic E-state index is 10.4. The van der Waals surface area contributed by atoms with Crippen LogP contribution in [-0.4, -0.2) is 20.7 Å². The third kappa shape index (κ3) is 2.74.